The van der Waals surface area contributed by atoms with Gasteiger partial charge in [0, 0.05) is 4.47 Å². The second-order valence-corrected chi connectivity index (χ2v) is 6.63. The molecule has 1 unspecified atom stereocenters. The third kappa shape index (κ3) is 4.02. The SMILES string of the molecule is CCC(C)OC(=O)c1cc(Br)c(C)c(S(N)(=O)=O)c1. The first-order valence-electron chi connectivity index (χ1n) is 5.70. The molecule has 0 bridgehead atoms. The average Bonchev–Trinajstić information content (AvgIpc) is 2.30. The van der Waals surface area contributed by atoms with Gasteiger partial charge in [0.05, 0.1) is 16.6 Å². The number of ether oxygens (including phenoxy) is 1. The van der Waals surface area contributed by atoms with E-state index >= 15 is 0 Å². The molecule has 0 saturated heterocycles. The zero-order valence-electron chi connectivity index (χ0n) is 10.9. The molecule has 106 valence electrons. The van der Waals surface area contributed by atoms with Gasteiger partial charge in [0.1, 0.15) is 0 Å². The molecule has 1 rings (SSSR count). The van der Waals surface area contributed by atoms with Crippen LogP contribution in [0.25, 0.3) is 0 Å². The number of hydrogen-bond donors (Lipinski definition) is 1. The van der Waals surface area contributed by atoms with E-state index in [9.17, 15) is 13.2 Å². The summed E-state index contributed by atoms with van der Waals surface area (Å²) in [7, 11) is -3.88. The molecule has 1 atom stereocenters. The molecule has 0 amide bonds. The molecular formula is C12H16BrNO4S. The fourth-order valence-corrected chi connectivity index (χ4v) is 2.82. The van der Waals surface area contributed by atoms with E-state index < -0.39 is 16.0 Å². The number of benzene rings is 1. The third-order valence-corrected chi connectivity index (χ3v) is 4.58. The van der Waals surface area contributed by atoms with Crippen LogP contribution in [-0.2, 0) is 14.8 Å². The highest BCUT2D eigenvalue weighted by Gasteiger charge is 2.19. The number of carbonyl (C=O) groups excluding carboxylic acids is 1. The number of rotatable bonds is 4. The van der Waals surface area contributed by atoms with Crippen molar-refractivity contribution in [3.05, 3.63) is 27.7 Å². The number of esters is 1. The predicted octanol–water partition coefficient (Wildman–Crippen LogP) is 2.36. The van der Waals surface area contributed by atoms with Gasteiger partial charge in [0.2, 0.25) is 10.0 Å². The van der Waals surface area contributed by atoms with Gasteiger partial charge in [-0.05, 0) is 38.0 Å². The smallest absolute Gasteiger partial charge is 0.338 e. The summed E-state index contributed by atoms with van der Waals surface area (Å²) in [5.41, 5.74) is 0.615. The van der Waals surface area contributed by atoms with Crippen LogP contribution in [0.3, 0.4) is 0 Å². The first-order valence-corrected chi connectivity index (χ1v) is 8.04. The number of sulfonamides is 1. The van der Waals surface area contributed by atoms with Crippen molar-refractivity contribution in [2.75, 3.05) is 0 Å². The standard InChI is InChI=1S/C12H16BrNO4S/c1-4-7(2)18-12(15)9-5-10(13)8(3)11(6-9)19(14,16)17/h5-7H,4H2,1-3H3,(H2,14,16,17). The fraction of sp³-hybridized carbons (Fsp3) is 0.417. The highest BCUT2D eigenvalue weighted by Crippen LogP contribution is 2.25. The van der Waals surface area contributed by atoms with Crippen molar-refractivity contribution < 1.29 is 17.9 Å². The molecule has 0 spiro atoms. The van der Waals surface area contributed by atoms with E-state index in [0.29, 0.717) is 16.5 Å². The summed E-state index contributed by atoms with van der Waals surface area (Å²) in [6.07, 6.45) is 0.450. The van der Waals surface area contributed by atoms with E-state index in [1.54, 1.807) is 13.8 Å². The topological polar surface area (TPSA) is 86.5 Å². The molecular weight excluding hydrogens is 334 g/mol. The summed E-state index contributed by atoms with van der Waals surface area (Å²) in [5, 5.41) is 5.12. The first-order chi connectivity index (χ1) is 8.66. The van der Waals surface area contributed by atoms with Crippen LogP contribution >= 0.6 is 15.9 Å². The van der Waals surface area contributed by atoms with Crippen LogP contribution in [0, 0.1) is 6.92 Å². The van der Waals surface area contributed by atoms with Gasteiger partial charge in [-0.1, -0.05) is 22.9 Å². The van der Waals surface area contributed by atoms with Crippen molar-refractivity contribution in [3.8, 4) is 0 Å². The summed E-state index contributed by atoms with van der Waals surface area (Å²) in [5.74, 6) is -0.569. The Kier molecular flexibility index (Phi) is 5.11. The minimum atomic E-state index is -3.88. The molecule has 5 nitrogen and oxygen atoms in total. The van der Waals surface area contributed by atoms with Crippen molar-refractivity contribution in [2.24, 2.45) is 5.14 Å². The lowest BCUT2D eigenvalue weighted by Gasteiger charge is -2.13. The zero-order valence-corrected chi connectivity index (χ0v) is 13.3. The molecule has 1 aromatic carbocycles. The van der Waals surface area contributed by atoms with Gasteiger partial charge in [-0.3, -0.25) is 0 Å². The molecule has 0 heterocycles. The quantitative estimate of drug-likeness (QED) is 0.845. The van der Waals surface area contributed by atoms with E-state index in [-0.39, 0.29) is 16.6 Å². The Labute approximate surface area is 121 Å². The molecule has 7 heteroatoms. The summed E-state index contributed by atoms with van der Waals surface area (Å²) >= 11 is 3.21. The number of primary sulfonamides is 1. The maximum absolute atomic E-state index is 11.9. The predicted molar refractivity (Wildman–Crippen MR) is 75.4 cm³/mol. The van der Waals surface area contributed by atoms with Crippen molar-refractivity contribution in [1.82, 2.24) is 0 Å². The van der Waals surface area contributed by atoms with Gasteiger partial charge in [-0.15, -0.1) is 0 Å². The van der Waals surface area contributed by atoms with E-state index in [2.05, 4.69) is 15.9 Å². The first kappa shape index (κ1) is 16.1. The van der Waals surface area contributed by atoms with Crippen LogP contribution in [0.4, 0.5) is 0 Å². The Bertz CT molecular complexity index is 598. The van der Waals surface area contributed by atoms with Crippen molar-refractivity contribution in [1.29, 1.82) is 0 Å². The lowest BCUT2D eigenvalue weighted by molar-refractivity contribution is 0.0334. The normalized spacial score (nSPS) is 13.1. The van der Waals surface area contributed by atoms with Gasteiger partial charge < -0.3 is 4.74 Å². The number of hydrogen-bond acceptors (Lipinski definition) is 4. The molecule has 1 aromatic rings. The van der Waals surface area contributed by atoms with Gasteiger partial charge >= 0.3 is 5.97 Å². The highest BCUT2D eigenvalue weighted by atomic mass is 79.9. The maximum atomic E-state index is 11.9. The van der Waals surface area contributed by atoms with Crippen molar-refractivity contribution >= 4 is 31.9 Å². The van der Waals surface area contributed by atoms with E-state index in [1.165, 1.54) is 12.1 Å². The molecule has 2 N–H and O–H groups in total. The average molecular weight is 350 g/mol. The molecule has 0 aromatic heterocycles. The molecule has 0 radical (unpaired) electrons. The maximum Gasteiger partial charge on any atom is 0.338 e. The molecule has 0 aliphatic carbocycles. The Morgan fingerprint density at radius 3 is 2.53 bits per heavy atom. The lowest BCUT2D eigenvalue weighted by Crippen LogP contribution is -2.17. The molecule has 0 saturated carbocycles. The zero-order chi connectivity index (χ0) is 14.8. The molecule has 0 aliphatic rings. The Balaban J connectivity index is 3.25. The van der Waals surface area contributed by atoms with E-state index in [4.69, 9.17) is 9.88 Å². The largest absolute Gasteiger partial charge is 0.459 e. The van der Waals surface area contributed by atoms with E-state index in [1.807, 2.05) is 6.92 Å². The van der Waals surface area contributed by atoms with Gasteiger partial charge in [0.15, 0.2) is 0 Å². The van der Waals surface area contributed by atoms with Crippen LogP contribution in [-0.4, -0.2) is 20.5 Å². The van der Waals surface area contributed by atoms with Crippen molar-refractivity contribution in [3.63, 3.8) is 0 Å². The summed E-state index contributed by atoms with van der Waals surface area (Å²) in [6, 6.07) is 2.76. The highest BCUT2D eigenvalue weighted by molar-refractivity contribution is 9.10. The van der Waals surface area contributed by atoms with Crippen molar-refractivity contribution in [2.45, 2.75) is 38.2 Å². The summed E-state index contributed by atoms with van der Waals surface area (Å²) in [4.78, 5) is 11.8. The Morgan fingerprint density at radius 2 is 2.05 bits per heavy atom. The van der Waals surface area contributed by atoms with Gasteiger partial charge in [0.25, 0.3) is 0 Å². The Hall–Kier alpha value is -0.920. The summed E-state index contributed by atoms with van der Waals surface area (Å²) in [6.45, 7) is 5.26. The monoisotopic (exact) mass is 349 g/mol. The summed E-state index contributed by atoms with van der Waals surface area (Å²) < 4.78 is 28.6. The Morgan fingerprint density at radius 1 is 1.47 bits per heavy atom. The van der Waals surface area contributed by atoms with Crippen LogP contribution in [0.15, 0.2) is 21.5 Å². The van der Waals surface area contributed by atoms with Gasteiger partial charge in [-0.25, -0.2) is 18.4 Å². The van der Waals surface area contributed by atoms with Crippen LogP contribution < -0.4 is 5.14 Å². The van der Waals surface area contributed by atoms with Crippen LogP contribution in [0.2, 0.25) is 0 Å². The number of nitrogens with two attached hydrogens (primary N) is 1. The number of halogens is 1. The minimum Gasteiger partial charge on any atom is -0.459 e. The molecule has 0 fully saturated rings. The minimum absolute atomic E-state index is 0.0852. The van der Waals surface area contributed by atoms with Crippen LogP contribution in [0.1, 0.15) is 36.2 Å². The lowest BCUT2D eigenvalue weighted by atomic mass is 10.1. The third-order valence-electron chi connectivity index (χ3n) is 2.72. The second kappa shape index (κ2) is 6.02. The number of carbonyl (C=O) groups is 1. The fourth-order valence-electron chi connectivity index (χ4n) is 1.40. The molecule has 19 heavy (non-hydrogen) atoms. The molecule has 0 aliphatic heterocycles. The van der Waals surface area contributed by atoms with Gasteiger partial charge in [-0.2, -0.15) is 0 Å². The van der Waals surface area contributed by atoms with Crippen LogP contribution in [0.5, 0.6) is 0 Å². The second-order valence-electron chi connectivity index (χ2n) is 4.25. The van der Waals surface area contributed by atoms with E-state index in [0.717, 1.165) is 0 Å².